The van der Waals surface area contributed by atoms with Gasteiger partial charge in [0.15, 0.2) is 11.6 Å². The van der Waals surface area contributed by atoms with Crippen molar-refractivity contribution in [3.63, 3.8) is 0 Å². The minimum absolute atomic E-state index is 0.0671. The molecule has 1 N–H and O–H groups in total. The van der Waals surface area contributed by atoms with Crippen molar-refractivity contribution in [2.45, 2.75) is 25.9 Å². The molecule has 0 spiro atoms. The van der Waals surface area contributed by atoms with Crippen LogP contribution in [-0.4, -0.2) is 59.2 Å². The number of hydrogen-bond donors (Lipinski definition) is 1. The molecule has 2 aliphatic heterocycles. The standard InChI is InChI=1S/C17H18F3N3O3/c1-8(2)14-17(26)23-4-3-22(7-13(23)15(24)21-14)16(25)9-5-11(19)12(20)6-10(9)18/h5-6,8,13-14H,3-4,7H2,1-2H3,(H,21,24)/t13-,14-/m1/s1. The van der Waals surface area contributed by atoms with Crippen LogP contribution in [0, 0.1) is 23.4 Å². The summed E-state index contributed by atoms with van der Waals surface area (Å²) in [5.74, 6) is -5.46. The first-order valence-electron chi connectivity index (χ1n) is 8.25. The van der Waals surface area contributed by atoms with Gasteiger partial charge in [0.1, 0.15) is 17.9 Å². The van der Waals surface area contributed by atoms with Crippen LogP contribution in [0.5, 0.6) is 0 Å². The minimum atomic E-state index is -1.39. The van der Waals surface area contributed by atoms with Crippen molar-refractivity contribution in [3.8, 4) is 0 Å². The fraction of sp³-hybridized carbons (Fsp3) is 0.471. The summed E-state index contributed by atoms with van der Waals surface area (Å²) in [5.41, 5.74) is -0.611. The van der Waals surface area contributed by atoms with Gasteiger partial charge in [0, 0.05) is 19.2 Å². The van der Waals surface area contributed by atoms with Gasteiger partial charge < -0.3 is 15.1 Å². The number of rotatable bonds is 2. The SMILES string of the molecule is CC(C)[C@H]1NC(=O)[C@H]2CN(C(=O)c3cc(F)c(F)cc3F)CCN2C1=O. The van der Waals surface area contributed by atoms with Crippen molar-refractivity contribution in [2.75, 3.05) is 19.6 Å². The number of amides is 3. The van der Waals surface area contributed by atoms with Gasteiger partial charge in [-0.2, -0.15) is 0 Å². The third-order valence-corrected chi connectivity index (χ3v) is 4.72. The Labute approximate surface area is 147 Å². The lowest BCUT2D eigenvalue weighted by Crippen LogP contribution is -2.70. The normalized spacial score (nSPS) is 23.2. The van der Waals surface area contributed by atoms with Crippen molar-refractivity contribution < 1.29 is 27.6 Å². The summed E-state index contributed by atoms with van der Waals surface area (Å²) in [4.78, 5) is 39.9. The lowest BCUT2D eigenvalue weighted by atomic mass is 9.96. The van der Waals surface area contributed by atoms with E-state index in [4.69, 9.17) is 0 Å². The summed E-state index contributed by atoms with van der Waals surface area (Å²) in [5, 5.41) is 2.64. The molecule has 1 aromatic rings. The van der Waals surface area contributed by atoms with Crippen LogP contribution in [0.2, 0.25) is 0 Å². The van der Waals surface area contributed by atoms with E-state index < -0.39 is 46.9 Å². The topological polar surface area (TPSA) is 69.7 Å². The Kier molecular flexibility index (Phi) is 4.64. The number of fused-ring (bicyclic) bond motifs is 1. The van der Waals surface area contributed by atoms with Crippen LogP contribution >= 0.6 is 0 Å². The van der Waals surface area contributed by atoms with E-state index in [1.807, 2.05) is 13.8 Å². The number of hydrogen-bond acceptors (Lipinski definition) is 3. The molecular formula is C17H18F3N3O3. The molecule has 6 nitrogen and oxygen atoms in total. The minimum Gasteiger partial charge on any atom is -0.342 e. The maximum absolute atomic E-state index is 13.8. The van der Waals surface area contributed by atoms with Gasteiger partial charge in [-0.3, -0.25) is 14.4 Å². The lowest BCUT2D eigenvalue weighted by molar-refractivity contribution is -0.153. The summed E-state index contributed by atoms with van der Waals surface area (Å²) in [6, 6.07) is -0.698. The summed E-state index contributed by atoms with van der Waals surface area (Å²) in [7, 11) is 0. The molecule has 3 rings (SSSR count). The monoisotopic (exact) mass is 369 g/mol. The van der Waals surface area contributed by atoms with Crippen molar-refractivity contribution in [1.82, 2.24) is 15.1 Å². The Bertz CT molecular complexity index is 784. The number of nitrogens with zero attached hydrogens (tertiary/aromatic N) is 2. The Morgan fingerprint density at radius 2 is 1.77 bits per heavy atom. The molecule has 2 heterocycles. The highest BCUT2D eigenvalue weighted by Gasteiger charge is 2.45. The largest absolute Gasteiger partial charge is 0.342 e. The second kappa shape index (κ2) is 6.62. The maximum atomic E-state index is 13.8. The van der Waals surface area contributed by atoms with E-state index >= 15 is 0 Å². The van der Waals surface area contributed by atoms with Gasteiger partial charge in [0.25, 0.3) is 5.91 Å². The first kappa shape index (κ1) is 18.2. The van der Waals surface area contributed by atoms with Crippen molar-refractivity contribution in [3.05, 3.63) is 35.1 Å². The third-order valence-electron chi connectivity index (χ3n) is 4.72. The highest BCUT2D eigenvalue weighted by molar-refractivity contribution is 5.99. The predicted octanol–water partition coefficient (Wildman–Crippen LogP) is 0.911. The van der Waals surface area contributed by atoms with Crippen LogP contribution in [0.1, 0.15) is 24.2 Å². The molecule has 2 aliphatic rings. The fourth-order valence-corrected chi connectivity index (χ4v) is 3.25. The molecule has 140 valence electrons. The molecule has 26 heavy (non-hydrogen) atoms. The number of nitrogens with one attached hydrogen (secondary N) is 1. The second-order valence-corrected chi connectivity index (χ2v) is 6.78. The van der Waals surface area contributed by atoms with Gasteiger partial charge in [-0.1, -0.05) is 13.8 Å². The molecule has 3 amide bonds. The van der Waals surface area contributed by atoms with Gasteiger partial charge in [-0.05, 0) is 12.0 Å². The number of halogens is 3. The third kappa shape index (κ3) is 3.02. The molecule has 2 fully saturated rings. The van der Waals surface area contributed by atoms with Crippen molar-refractivity contribution in [1.29, 1.82) is 0 Å². The second-order valence-electron chi connectivity index (χ2n) is 6.78. The summed E-state index contributed by atoms with van der Waals surface area (Å²) >= 11 is 0. The van der Waals surface area contributed by atoms with Crippen molar-refractivity contribution >= 4 is 17.7 Å². The smallest absolute Gasteiger partial charge is 0.257 e. The number of piperazine rings is 2. The zero-order valence-electron chi connectivity index (χ0n) is 14.3. The quantitative estimate of drug-likeness (QED) is 0.788. The Morgan fingerprint density at radius 1 is 1.12 bits per heavy atom. The molecule has 9 heteroatoms. The van der Waals surface area contributed by atoms with Crippen LogP contribution < -0.4 is 5.32 Å². The summed E-state index contributed by atoms with van der Waals surface area (Å²) in [6.07, 6.45) is 0. The van der Waals surface area contributed by atoms with Gasteiger partial charge in [-0.25, -0.2) is 13.2 Å². The van der Waals surface area contributed by atoms with E-state index in [0.29, 0.717) is 12.1 Å². The van der Waals surface area contributed by atoms with E-state index in [-0.39, 0.29) is 31.5 Å². The summed E-state index contributed by atoms with van der Waals surface area (Å²) < 4.78 is 40.3. The molecule has 0 aromatic heterocycles. The van der Waals surface area contributed by atoms with E-state index in [1.165, 1.54) is 9.80 Å². The van der Waals surface area contributed by atoms with Crippen LogP contribution in [0.4, 0.5) is 13.2 Å². The van der Waals surface area contributed by atoms with Crippen molar-refractivity contribution in [2.24, 2.45) is 5.92 Å². The average Bonchev–Trinajstić information content (AvgIpc) is 2.60. The fourth-order valence-electron chi connectivity index (χ4n) is 3.25. The van der Waals surface area contributed by atoms with E-state index in [1.54, 1.807) is 0 Å². The maximum Gasteiger partial charge on any atom is 0.257 e. The highest BCUT2D eigenvalue weighted by Crippen LogP contribution is 2.22. The first-order valence-corrected chi connectivity index (χ1v) is 8.25. The number of benzene rings is 1. The molecule has 0 aliphatic carbocycles. The van der Waals surface area contributed by atoms with Crippen LogP contribution in [-0.2, 0) is 9.59 Å². The lowest BCUT2D eigenvalue weighted by Gasteiger charge is -2.46. The average molecular weight is 369 g/mol. The van der Waals surface area contributed by atoms with Gasteiger partial charge in [-0.15, -0.1) is 0 Å². The van der Waals surface area contributed by atoms with Gasteiger partial charge in [0.05, 0.1) is 12.1 Å². The first-order chi connectivity index (χ1) is 12.2. The molecule has 2 saturated heterocycles. The van der Waals surface area contributed by atoms with E-state index in [0.717, 1.165) is 0 Å². The molecule has 0 bridgehead atoms. The molecule has 1 aromatic carbocycles. The molecular weight excluding hydrogens is 351 g/mol. The van der Waals surface area contributed by atoms with E-state index in [9.17, 15) is 27.6 Å². The molecule has 0 radical (unpaired) electrons. The molecule has 0 unspecified atom stereocenters. The zero-order valence-corrected chi connectivity index (χ0v) is 14.3. The summed E-state index contributed by atoms with van der Waals surface area (Å²) in [6.45, 7) is 3.66. The Hall–Kier alpha value is -2.58. The zero-order chi connectivity index (χ0) is 19.2. The van der Waals surface area contributed by atoms with Gasteiger partial charge >= 0.3 is 0 Å². The van der Waals surface area contributed by atoms with Gasteiger partial charge in [0.2, 0.25) is 11.8 Å². The highest BCUT2D eigenvalue weighted by atomic mass is 19.2. The molecule has 2 atom stereocenters. The Balaban J connectivity index is 1.80. The van der Waals surface area contributed by atoms with Crippen LogP contribution in [0.15, 0.2) is 12.1 Å². The number of carbonyl (C=O) groups excluding carboxylic acids is 3. The Morgan fingerprint density at radius 3 is 2.42 bits per heavy atom. The van der Waals surface area contributed by atoms with Crippen LogP contribution in [0.25, 0.3) is 0 Å². The number of carbonyl (C=O) groups is 3. The van der Waals surface area contributed by atoms with Crippen LogP contribution in [0.3, 0.4) is 0 Å². The van der Waals surface area contributed by atoms with E-state index in [2.05, 4.69) is 5.32 Å². The predicted molar refractivity (Wildman–Crippen MR) is 84.5 cm³/mol. The molecule has 0 saturated carbocycles.